The van der Waals surface area contributed by atoms with Gasteiger partial charge in [0.25, 0.3) is 0 Å². The summed E-state index contributed by atoms with van der Waals surface area (Å²) >= 11 is 0. The molecule has 1 heterocycles. The summed E-state index contributed by atoms with van der Waals surface area (Å²) in [6, 6.07) is 0. The molecule has 0 aliphatic carbocycles. The number of carbonyl (C=O) groups is 1. The Balaban J connectivity index is 2.30. The minimum absolute atomic E-state index is 0.0144. The third-order valence-corrected chi connectivity index (χ3v) is 1.78. The van der Waals surface area contributed by atoms with E-state index in [2.05, 4.69) is 6.42 Å². The molecule has 0 unspecified atom stereocenters. The van der Waals surface area contributed by atoms with Gasteiger partial charge in [-0.1, -0.05) is 0 Å². The zero-order chi connectivity index (χ0) is 8.97. The van der Waals surface area contributed by atoms with Crippen LogP contribution in [0.2, 0.25) is 0 Å². The number of carbonyl (C=O) groups excluding carboxylic acids is 1. The Hall–Kier alpha value is -0.730. The topological polar surface area (TPSA) is 29.5 Å². The van der Waals surface area contributed by atoms with Crippen LogP contribution in [0.3, 0.4) is 0 Å². The van der Waals surface area contributed by atoms with Crippen LogP contribution in [-0.4, -0.2) is 30.2 Å². The molecule has 1 amide bonds. The van der Waals surface area contributed by atoms with Gasteiger partial charge >= 0.3 is 6.09 Å². The fourth-order valence-electron chi connectivity index (χ4n) is 1.21. The van der Waals surface area contributed by atoms with Crippen LogP contribution in [0.5, 0.6) is 0 Å². The van der Waals surface area contributed by atoms with Crippen molar-refractivity contribution in [3.05, 3.63) is 6.42 Å². The lowest BCUT2D eigenvalue weighted by molar-refractivity contribution is 0.0757. The Labute approximate surface area is 73.7 Å². The Kier molecular flexibility index (Phi) is 3.38. The minimum atomic E-state index is -0.180. The molecule has 1 aliphatic heterocycles. The van der Waals surface area contributed by atoms with Gasteiger partial charge in [-0.2, -0.15) is 0 Å². The largest absolute Gasteiger partial charge is 0.447 e. The monoisotopic (exact) mass is 170 g/mol. The van der Waals surface area contributed by atoms with E-state index < -0.39 is 0 Å². The molecule has 0 spiro atoms. The predicted octanol–water partition coefficient (Wildman–Crippen LogP) is 1.83. The van der Waals surface area contributed by atoms with Crippen LogP contribution in [0.25, 0.3) is 0 Å². The van der Waals surface area contributed by atoms with Gasteiger partial charge in [0.2, 0.25) is 0 Å². The summed E-state index contributed by atoms with van der Waals surface area (Å²) in [6.07, 6.45) is 4.10. The van der Waals surface area contributed by atoms with E-state index in [1.54, 1.807) is 4.90 Å². The van der Waals surface area contributed by atoms with Crippen molar-refractivity contribution in [2.24, 2.45) is 0 Å². The summed E-state index contributed by atoms with van der Waals surface area (Å²) in [5.74, 6) is 0. The average Bonchev–Trinajstić information content (AvgIpc) is 2.05. The van der Waals surface area contributed by atoms with Gasteiger partial charge in [0.15, 0.2) is 0 Å². The molecule has 0 atom stereocenters. The average molecular weight is 170 g/mol. The summed E-state index contributed by atoms with van der Waals surface area (Å²) in [5.41, 5.74) is 0. The first-order valence-corrected chi connectivity index (χ1v) is 4.47. The number of rotatable bonds is 1. The van der Waals surface area contributed by atoms with Gasteiger partial charge in [0, 0.05) is 13.1 Å². The molecule has 0 saturated carbocycles. The Morgan fingerprint density at radius 1 is 1.58 bits per heavy atom. The van der Waals surface area contributed by atoms with Crippen molar-refractivity contribution < 1.29 is 9.53 Å². The van der Waals surface area contributed by atoms with Crippen LogP contribution in [0.15, 0.2) is 0 Å². The van der Waals surface area contributed by atoms with Crippen molar-refractivity contribution in [2.75, 3.05) is 13.1 Å². The van der Waals surface area contributed by atoms with E-state index in [1.807, 2.05) is 13.8 Å². The smallest absolute Gasteiger partial charge is 0.410 e. The van der Waals surface area contributed by atoms with Crippen molar-refractivity contribution in [2.45, 2.75) is 32.8 Å². The van der Waals surface area contributed by atoms with Gasteiger partial charge < -0.3 is 9.64 Å². The van der Waals surface area contributed by atoms with Crippen molar-refractivity contribution in [3.63, 3.8) is 0 Å². The first kappa shape index (κ1) is 9.36. The molecular weight excluding hydrogens is 154 g/mol. The number of hydrogen-bond acceptors (Lipinski definition) is 2. The third-order valence-electron chi connectivity index (χ3n) is 1.78. The molecule has 0 bridgehead atoms. The minimum Gasteiger partial charge on any atom is -0.447 e. The number of ether oxygens (including phenoxy) is 1. The standard InChI is InChI=1S/C9H16NO2/c1-8(2)12-9(11)10-6-4-3-5-7-10/h4,8H,3,5-7H2,1-2H3. The van der Waals surface area contributed by atoms with Crippen molar-refractivity contribution in [3.8, 4) is 0 Å². The first-order valence-electron chi connectivity index (χ1n) is 4.47. The van der Waals surface area contributed by atoms with E-state index in [4.69, 9.17) is 4.74 Å². The highest BCUT2D eigenvalue weighted by atomic mass is 16.6. The van der Waals surface area contributed by atoms with Crippen LogP contribution < -0.4 is 0 Å². The molecule has 0 N–H and O–H groups in total. The summed E-state index contributed by atoms with van der Waals surface area (Å²) in [7, 11) is 0. The molecule has 12 heavy (non-hydrogen) atoms. The lowest BCUT2D eigenvalue weighted by Gasteiger charge is -2.26. The maximum Gasteiger partial charge on any atom is 0.410 e. The van der Waals surface area contributed by atoms with E-state index in [1.165, 1.54) is 0 Å². The van der Waals surface area contributed by atoms with Crippen LogP contribution >= 0.6 is 0 Å². The van der Waals surface area contributed by atoms with Crippen molar-refractivity contribution >= 4 is 6.09 Å². The number of piperidine rings is 1. The van der Waals surface area contributed by atoms with Gasteiger partial charge in [-0.3, -0.25) is 0 Å². The second kappa shape index (κ2) is 4.33. The quantitative estimate of drug-likeness (QED) is 0.601. The van der Waals surface area contributed by atoms with Crippen molar-refractivity contribution in [1.29, 1.82) is 0 Å². The predicted molar refractivity (Wildman–Crippen MR) is 46.7 cm³/mol. The highest BCUT2D eigenvalue weighted by Gasteiger charge is 2.18. The molecule has 3 heteroatoms. The molecule has 69 valence electrons. The summed E-state index contributed by atoms with van der Waals surface area (Å²) < 4.78 is 5.06. The number of hydrogen-bond donors (Lipinski definition) is 0. The highest BCUT2D eigenvalue weighted by molar-refractivity contribution is 5.68. The number of amides is 1. The second-order valence-electron chi connectivity index (χ2n) is 3.31. The maximum atomic E-state index is 11.3. The molecule has 1 radical (unpaired) electrons. The van der Waals surface area contributed by atoms with E-state index in [9.17, 15) is 4.79 Å². The Morgan fingerprint density at radius 3 is 2.83 bits per heavy atom. The molecule has 0 aromatic carbocycles. The zero-order valence-corrected chi connectivity index (χ0v) is 7.75. The first-order chi connectivity index (χ1) is 5.70. The van der Waals surface area contributed by atoms with Crippen LogP contribution in [0.4, 0.5) is 4.79 Å². The SMILES string of the molecule is CC(C)OC(=O)N1C[CH]CCC1. The molecule has 0 aromatic rings. The van der Waals surface area contributed by atoms with Crippen LogP contribution in [-0.2, 0) is 4.74 Å². The normalized spacial score (nSPS) is 18.1. The summed E-state index contributed by atoms with van der Waals surface area (Å²) in [5, 5.41) is 0. The van der Waals surface area contributed by atoms with Gasteiger partial charge in [-0.25, -0.2) is 4.79 Å². The van der Waals surface area contributed by atoms with E-state index in [0.717, 1.165) is 25.9 Å². The van der Waals surface area contributed by atoms with E-state index >= 15 is 0 Å². The Bertz CT molecular complexity index is 151. The van der Waals surface area contributed by atoms with Gasteiger partial charge in [0.05, 0.1) is 6.10 Å². The summed E-state index contributed by atoms with van der Waals surface area (Å²) in [4.78, 5) is 13.0. The van der Waals surface area contributed by atoms with Gasteiger partial charge in [-0.05, 0) is 33.1 Å². The molecule has 1 saturated heterocycles. The van der Waals surface area contributed by atoms with Crippen molar-refractivity contribution in [1.82, 2.24) is 4.90 Å². The van der Waals surface area contributed by atoms with E-state index in [-0.39, 0.29) is 12.2 Å². The van der Waals surface area contributed by atoms with Gasteiger partial charge in [0.1, 0.15) is 0 Å². The Morgan fingerprint density at radius 2 is 2.33 bits per heavy atom. The molecular formula is C9H16NO2. The zero-order valence-electron chi connectivity index (χ0n) is 7.75. The highest BCUT2D eigenvalue weighted by Crippen LogP contribution is 2.09. The molecule has 0 aromatic heterocycles. The molecule has 3 nitrogen and oxygen atoms in total. The summed E-state index contributed by atoms with van der Waals surface area (Å²) in [6.45, 7) is 5.31. The maximum absolute atomic E-state index is 11.3. The molecule has 1 aliphatic rings. The van der Waals surface area contributed by atoms with Gasteiger partial charge in [-0.15, -0.1) is 0 Å². The molecule has 1 fully saturated rings. The third kappa shape index (κ3) is 2.72. The second-order valence-corrected chi connectivity index (χ2v) is 3.31. The lowest BCUT2D eigenvalue weighted by Crippen LogP contribution is -2.37. The number of likely N-dealkylation sites (tertiary alicyclic amines) is 1. The molecule has 1 rings (SSSR count). The number of nitrogens with zero attached hydrogens (tertiary/aromatic N) is 1. The lowest BCUT2D eigenvalue weighted by atomic mass is 10.1. The van der Waals surface area contributed by atoms with Crippen LogP contribution in [0.1, 0.15) is 26.7 Å². The van der Waals surface area contributed by atoms with Crippen LogP contribution in [0, 0.1) is 6.42 Å². The fraction of sp³-hybridized carbons (Fsp3) is 0.778. The van der Waals surface area contributed by atoms with E-state index in [0.29, 0.717) is 0 Å². The fourth-order valence-corrected chi connectivity index (χ4v) is 1.21.